The summed E-state index contributed by atoms with van der Waals surface area (Å²) in [6, 6.07) is 10.0. The molecule has 6 nitrogen and oxygen atoms in total. The van der Waals surface area contributed by atoms with Crippen LogP contribution in [0.4, 0.5) is 4.39 Å². The zero-order valence-corrected chi connectivity index (χ0v) is 18.3. The molecule has 3 aliphatic heterocycles. The van der Waals surface area contributed by atoms with Gasteiger partial charge in [0.05, 0.1) is 7.39 Å². The number of benzene rings is 2. The fourth-order valence-electron chi connectivity index (χ4n) is 4.90. The molecular weight excluding hydrogens is 441 g/mol. The van der Waals surface area contributed by atoms with Gasteiger partial charge in [-0.15, -0.1) is 11.8 Å². The molecule has 1 N–H and O–H groups in total. The van der Waals surface area contributed by atoms with Gasteiger partial charge in [0.1, 0.15) is 12.0 Å². The number of carbonyl (C=O) groups excluding carboxylic acids is 1. The minimum absolute atomic E-state index is 0.0183. The first-order valence-corrected chi connectivity index (χ1v) is 11.6. The maximum absolute atomic E-state index is 14.5. The highest BCUT2D eigenvalue weighted by atomic mass is 32.2. The summed E-state index contributed by atoms with van der Waals surface area (Å²) in [6.45, 7) is 0.381. The molecule has 1 aromatic heterocycles. The lowest BCUT2D eigenvalue weighted by atomic mass is 9.92. The SMILES string of the molecule is [2H]C1([2H])Sc2ccccc2[C@]([2H])(N2[C@@H]3CCCCN3C(=O)c3c(O)c(=O)ccn32)c2ccc(F)cc21. The van der Waals surface area contributed by atoms with E-state index >= 15 is 0 Å². The highest BCUT2D eigenvalue weighted by Crippen LogP contribution is 2.45. The third-order valence-corrected chi connectivity index (χ3v) is 7.28. The van der Waals surface area contributed by atoms with E-state index in [9.17, 15) is 20.5 Å². The van der Waals surface area contributed by atoms with Crippen molar-refractivity contribution >= 4 is 17.7 Å². The molecule has 6 rings (SSSR count). The number of thioether (sulfide) groups is 1. The Morgan fingerprint density at radius 1 is 1.12 bits per heavy atom. The van der Waals surface area contributed by atoms with Crippen molar-refractivity contribution < 1.29 is 18.4 Å². The topological polar surface area (TPSA) is 65.8 Å². The molecule has 3 aromatic rings. The summed E-state index contributed by atoms with van der Waals surface area (Å²) in [5.41, 5.74) is -2.32. The van der Waals surface area contributed by atoms with Crippen molar-refractivity contribution in [3.63, 3.8) is 0 Å². The number of piperidine rings is 1. The Balaban J connectivity index is 1.74. The summed E-state index contributed by atoms with van der Waals surface area (Å²) in [6.07, 6.45) is 2.80. The van der Waals surface area contributed by atoms with Crippen molar-refractivity contribution in [1.29, 1.82) is 0 Å². The van der Waals surface area contributed by atoms with Crippen LogP contribution in [0.15, 0.2) is 64.4 Å². The molecule has 0 saturated carbocycles. The lowest BCUT2D eigenvalue weighted by Crippen LogP contribution is -2.63. The number of hydrogen-bond acceptors (Lipinski definition) is 5. The Morgan fingerprint density at radius 3 is 2.85 bits per heavy atom. The number of fused-ring (bicyclic) bond motifs is 4. The van der Waals surface area contributed by atoms with Crippen LogP contribution in [-0.4, -0.2) is 33.3 Å². The maximum Gasteiger partial charge on any atom is 0.278 e. The van der Waals surface area contributed by atoms with Gasteiger partial charge in [0.15, 0.2) is 11.4 Å². The number of amides is 1. The van der Waals surface area contributed by atoms with Gasteiger partial charge in [-0.1, -0.05) is 24.3 Å². The molecule has 0 radical (unpaired) electrons. The van der Waals surface area contributed by atoms with Crippen LogP contribution in [0, 0.1) is 5.82 Å². The molecule has 1 amide bonds. The number of pyridine rings is 1. The number of halogens is 1. The van der Waals surface area contributed by atoms with Gasteiger partial charge >= 0.3 is 0 Å². The molecule has 0 unspecified atom stereocenters. The Labute approximate surface area is 198 Å². The number of carbonyl (C=O) groups is 1. The lowest BCUT2D eigenvalue weighted by molar-refractivity contribution is 0.0462. The summed E-state index contributed by atoms with van der Waals surface area (Å²) in [4.78, 5) is 27.9. The summed E-state index contributed by atoms with van der Waals surface area (Å²) in [5.74, 6) is -1.83. The first kappa shape index (κ1) is 17.2. The van der Waals surface area contributed by atoms with Gasteiger partial charge in [-0.25, -0.2) is 4.39 Å². The van der Waals surface area contributed by atoms with E-state index in [1.807, 2.05) is 0 Å². The van der Waals surface area contributed by atoms with Gasteiger partial charge in [0.2, 0.25) is 5.43 Å². The number of nitrogens with zero attached hydrogens (tertiary/aromatic N) is 3. The Hall–Kier alpha value is -3.26. The van der Waals surface area contributed by atoms with Crippen LogP contribution in [0.1, 0.15) is 56.6 Å². The average molecular weight is 467 g/mol. The molecule has 2 atom stereocenters. The maximum atomic E-state index is 14.5. The van der Waals surface area contributed by atoms with Crippen LogP contribution in [0.25, 0.3) is 0 Å². The van der Waals surface area contributed by atoms with E-state index in [2.05, 4.69) is 0 Å². The van der Waals surface area contributed by atoms with Crippen LogP contribution in [-0.2, 0) is 5.70 Å². The van der Waals surface area contributed by atoms with Crippen molar-refractivity contribution in [3.05, 3.63) is 93.2 Å². The van der Waals surface area contributed by atoms with Crippen LogP contribution in [0.2, 0.25) is 0 Å². The Kier molecular flexibility index (Phi) is 4.00. The van der Waals surface area contributed by atoms with Crippen LogP contribution >= 0.6 is 11.8 Å². The number of aromatic hydroxyl groups is 1. The van der Waals surface area contributed by atoms with Crippen molar-refractivity contribution in [1.82, 2.24) is 9.58 Å². The summed E-state index contributed by atoms with van der Waals surface area (Å²) >= 11 is 0.900. The second-order valence-corrected chi connectivity index (χ2v) is 9.13. The van der Waals surface area contributed by atoms with E-state index < -0.39 is 40.8 Å². The highest BCUT2D eigenvalue weighted by molar-refractivity contribution is 7.98. The number of aromatic nitrogens is 1. The third-order valence-electron chi connectivity index (χ3n) is 6.38. The van der Waals surface area contributed by atoms with Crippen molar-refractivity contribution in [2.75, 3.05) is 11.6 Å². The zero-order chi connectivity index (χ0) is 25.4. The van der Waals surface area contributed by atoms with Crippen molar-refractivity contribution in [2.24, 2.45) is 0 Å². The molecular formula is C25H22FN3O3S. The predicted molar refractivity (Wildman–Crippen MR) is 124 cm³/mol. The lowest BCUT2D eigenvalue weighted by Gasteiger charge is -2.51. The number of hydrogen-bond donors (Lipinski definition) is 1. The van der Waals surface area contributed by atoms with Crippen LogP contribution < -0.4 is 10.4 Å². The van der Waals surface area contributed by atoms with E-state index in [4.69, 9.17) is 2.74 Å². The molecule has 0 spiro atoms. The zero-order valence-electron chi connectivity index (χ0n) is 20.5. The van der Waals surface area contributed by atoms with Crippen molar-refractivity contribution in [2.45, 2.75) is 42.0 Å². The van der Waals surface area contributed by atoms with E-state index in [-0.39, 0.29) is 16.8 Å². The predicted octanol–water partition coefficient (Wildman–Crippen LogP) is 3.99. The van der Waals surface area contributed by atoms with Gasteiger partial charge in [-0.3, -0.25) is 19.3 Å². The first-order valence-electron chi connectivity index (χ1n) is 12.3. The Morgan fingerprint density at radius 2 is 1.97 bits per heavy atom. The normalized spacial score (nSPS) is 26.6. The van der Waals surface area contributed by atoms with Gasteiger partial charge in [0.25, 0.3) is 5.91 Å². The second kappa shape index (κ2) is 7.66. The van der Waals surface area contributed by atoms with Crippen LogP contribution in [0.3, 0.4) is 0 Å². The molecule has 1 fully saturated rings. The van der Waals surface area contributed by atoms with Gasteiger partial charge < -0.3 is 10.0 Å². The molecule has 4 heterocycles. The minimum atomic E-state index is -2.05. The quantitative estimate of drug-likeness (QED) is 0.588. The fraction of sp³-hybridized carbons (Fsp3) is 0.280. The molecule has 1 saturated heterocycles. The summed E-state index contributed by atoms with van der Waals surface area (Å²) in [5, 5.41) is 12.3. The Bertz CT molecular complexity index is 1480. The smallest absolute Gasteiger partial charge is 0.278 e. The molecule has 2 aromatic carbocycles. The van der Waals surface area contributed by atoms with Gasteiger partial charge in [0, 0.05) is 32.1 Å². The summed E-state index contributed by atoms with van der Waals surface area (Å²) in [7, 11) is 0. The van der Waals surface area contributed by atoms with E-state index in [1.54, 1.807) is 34.2 Å². The van der Waals surface area contributed by atoms with Crippen molar-refractivity contribution in [3.8, 4) is 5.75 Å². The molecule has 3 aliphatic rings. The largest absolute Gasteiger partial charge is 0.502 e. The fourth-order valence-corrected chi connectivity index (χ4v) is 5.71. The molecule has 33 heavy (non-hydrogen) atoms. The van der Waals surface area contributed by atoms with E-state index in [0.29, 0.717) is 23.4 Å². The third kappa shape index (κ3) is 3.08. The van der Waals surface area contributed by atoms with Gasteiger partial charge in [-0.2, -0.15) is 0 Å². The van der Waals surface area contributed by atoms with Gasteiger partial charge in [-0.05, 0) is 54.2 Å². The standard InChI is InChI=1S/C25H22FN3O3S/c26-16-8-9-17-15(13-16)14-33-20-6-2-1-5-18(20)22(17)29-21-7-3-4-11-27(21)25(32)23-24(31)19(30)10-12-28(23)29/h1-2,5-6,8-10,12-13,21-22,31H,3-4,7,11,14H2/t21-,22-/m1/s1/i14D2,22D. The average Bonchev–Trinajstić information content (AvgIpc) is 2.92. The van der Waals surface area contributed by atoms with E-state index in [0.717, 1.165) is 36.7 Å². The molecule has 168 valence electrons. The highest BCUT2D eigenvalue weighted by Gasteiger charge is 2.45. The molecule has 8 heteroatoms. The van der Waals surface area contributed by atoms with Crippen LogP contribution in [0.5, 0.6) is 5.75 Å². The van der Waals surface area contributed by atoms with E-state index in [1.165, 1.54) is 23.0 Å². The summed E-state index contributed by atoms with van der Waals surface area (Å²) < 4.78 is 43.5. The second-order valence-electron chi connectivity index (χ2n) is 8.28. The monoisotopic (exact) mass is 466 g/mol. The minimum Gasteiger partial charge on any atom is -0.502 e. The molecule has 0 aliphatic carbocycles. The first-order chi connectivity index (χ1) is 17.1. The molecule has 0 bridgehead atoms. The number of rotatable bonds is 1.